The molecule has 0 bridgehead atoms. The second-order valence-electron chi connectivity index (χ2n) is 9.15. The number of rotatable bonds is 8. The Kier molecular flexibility index (Phi) is 7.07. The van der Waals surface area contributed by atoms with Gasteiger partial charge < -0.3 is 9.80 Å². The van der Waals surface area contributed by atoms with Crippen LogP contribution in [0.5, 0.6) is 0 Å². The van der Waals surface area contributed by atoms with Gasteiger partial charge in [0, 0.05) is 31.9 Å². The first-order valence-corrected chi connectivity index (χ1v) is 12.5. The molecule has 174 valence electrons. The predicted octanol–water partition coefficient (Wildman–Crippen LogP) is 3.46. The van der Waals surface area contributed by atoms with Gasteiger partial charge in [-0.1, -0.05) is 26.3 Å². The van der Waals surface area contributed by atoms with E-state index in [4.69, 9.17) is 0 Å². The zero-order valence-corrected chi connectivity index (χ0v) is 20.3. The van der Waals surface area contributed by atoms with Crippen LogP contribution in [0.3, 0.4) is 0 Å². The quantitative estimate of drug-likeness (QED) is 0.646. The van der Waals surface area contributed by atoms with Crippen molar-refractivity contribution in [2.75, 3.05) is 29.9 Å². The van der Waals surface area contributed by atoms with E-state index in [-0.39, 0.29) is 16.1 Å². The highest BCUT2D eigenvalue weighted by molar-refractivity contribution is 7.90. The van der Waals surface area contributed by atoms with Crippen LogP contribution in [0.25, 0.3) is 0 Å². The molecule has 3 heterocycles. The first-order chi connectivity index (χ1) is 15.0. The van der Waals surface area contributed by atoms with Crippen LogP contribution in [-0.4, -0.2) is 50.0 Å². The number of anilines is 2. The number of carbonyl (C=O) groups is 1. The molecule has 8 nitrogen and oxygen atoms in total. The van der Waals surface area contributed by atoms with Crippen LogP contribution >= 0.6 is 0 Å². The summed E-state index contributed by atoms with van der Waals surface area (Å²) < 4.78 is 28.1. The number of pyridine rings is 2. The molecule has 32 heavy (non-hydrogen) atoms. The molecule has 1 aliphatic heterocycles. The van der Waals surface area contributed by atoms with Crippen LogP contribution in [0, 0.1) is 5.92 Å². The molecule has 1 N–H and O–H groups in total. The van der Waals surface area contributed by atoms with Gasteiger partial charge in [-0.05, 0) is 56.9 Å². The van der Waals surface area contributed by atoms with Gasteiger partial charge in [-0.15, -0.1) is 0 Å². The summed E-state index contributed by atoms with van der Waals surface area (Å²) in [5.74, 6) is 0.775. The third-order valence-electron chi connectivity index (χ3n) is 5.81. The molecule has 9 heteroatoms. The zero-order valence-electron chi connectivity index (χ0n) is 19.5. The third kappa shape index (κ3) is 5.20. The number of nitrogens with one attached hydrogen (secondary N) is 1. The van der Waals surface area contributed by atoms with Crippen molar-refractivity contribution < 1.29 is 13.2 Å². The molecule has 1 aliphatic rings. The Morgan fingerprint density at radius 2 is 2.03 bits per heavy atom. The first-order valence-electron chi connectivity index (χ1n) is 11.0. The van der Waals surface area contributed by atoms with Crippen molar-refractivity contribution in [1.29, 1.82) is 0 Å². The van der Waals surface area contributed by atoms with Crippen molar-refractivity contribution in [2.45, 2.75) is 57.5 Å². The molecule has 2 aromatic heterocycles. The van der Waals surface area contributed by atoms with Crippen molar-refractivity contribution in [3.05, 3.63) is 42.1 Å². The van der Waals surface area contributed by atoms with Gasteiger partial charge in [0.15, 0.2) is 5.03 Å². The van der Waals surface area contributed by atoms with Crippen molar-refractivity contribution in [3.63, 3.8) is 0 Å². The van der Waals surface area contributed by atoms with Gasteiger partial charge in [0.25, 0.3) is 15.9 Å². The molecule has 1 saturated heterocycles. The molecule has 1 unspecified atom stereocenters. The number of unbranched alkanes of at least 4 members (excludes halogenated alkanes) is 1. The Morgan fingerprint density at radius 3 is 2.69 bits per heavy atom. The summed E-state index contributed by atoms with van der Waals surface area (Å²) in [6, 6.07) is 8.02. The predicted molar refractivity (Wildman–Crippen MR) is 127 cm³/mol. The molecule has 2 aromatic rings. The van der Waals surface area contributed by atoms with Gasteiger partial charge in [0.2, 0.25) is 0 Å². The number of amides is 1. The number of carbonyl (C=O) groups excluding carboxylic acids is 1. The lowest BCUT2D eigenvalue weighted by molar-refractivity contribution is 0.0981. The largest absolute Gasteiger partial charge is 0.360 e. The highest BCUT2D eigenvalue weighted by Gasteiger charge is 2.39. The maximum Gasteiger partial charge on any atom is 0.281 e. The smallest absolute Gasteiger partial charge is 0.281 e. The number of hydrogen-bond acceptors (Lipinski definition) is 7. The van der Waals surface area contributed by atoms with E-state index in [1.54, 1.807) is 30.5 Å². The molecule has 0 saturated carbocycles. The minimum atomic E-state index is -4.15. The Labute approximate surface area is 191 Å². The van der Waals surface area contributed by atoms with E-state index in [0.29, 0.717) is 17.6 Å². The molecule has 0 radical (unpaired) electrons. The maximum absolute atomic E-state index is 13.1. The summed E-state index contributed by atoms with van der Waals surface area (Å²) in [4.78, 5) is 25.8. The van der Waals surface area contributed by atoms with Crippen molar-refractivity contribution in [3.8, 4) is 0 Å². The molecule has 1 amide bonds. The standard InChI is InChI=1S/C23H33N5O3S/c1-6-7-14-27(5)19-11-8-12-20(25-19)32(30,31)26-22(29)18-10-9-13-24-21(18)28-16-17(2)15-23(28,3)4/h8-13,17H,6-7,14-16H2,1-5H3,(H,26,29). The Balaban J connectivity index is 1.85. The zero-order chi connectivity index (χ0) is 23.5. The Morgan fingerprint density at radius 1 is 1.28 bits per heavy atom. The number of sulfonamides is 1. The summed E-state index contributed by atoms with van der Waals surface area (Å²) in [6.45, 7) is 9.98. The minimum Gasteiger partial charge on any atom is -0.360 e. The fraction of sp³-hybridized carbons (Fsp3) is 0.522. The molecule has 0 aliphatic carbocycles. The van der Waals surface area contributed by atoms with Gasteiger partial charge in [0.1, 0.15) is 11.6 Å². The molecular formula is C23H33N5O3S. The van der Waals surface area contributed by atoms with Crippen LogP contribution < -0.4 is 14.5 Å². The molecule has 1 atom stereocenters. The maximum atomic E-state index is 13.1. The first kappa shape index (κ1) is 24.0. The topological polar surface area (TPSA) is 95.5 Å². The lowest BCUT2D eigenvalue weighted by Gasteiger charge is -2.33. The van der Waals surface area contributed by atoms with E-state index in [1.165, 1.54) is 6.07 Å². The van der Waals surface area contributed by atoms with Crippen molar-refractivity contribution in [2.24, 2.45) is 5.92 Å². The number of hydrogen-bond donors (Lipinski definition) is 1. The van der Waals surface area contributed by atoms with Crippen LogP contribution in [0.1, 0.15) is 57.3 Å². The number of nitrogens with zero attached hydrogens (tertiary/aromatic N) is 4. The van der Waals surface area contributed by atoms with E-state index in [9.17, 15) is 13.2 Å². The van der Waals surface area contributed by atoms with E-state index in [1.807, 2.05) is 11.9 Å². The van der Waals surface area contributed by atoms with E-state index in [0.717, 1.165) is 32.4 Å². The van der Waals surface area contributed by atoms with Gasteiger partial charge in [0.05, 0.1) is 5.56 Å². The molecular weight excluding hydrogens is 426 g/mol. The van der Waals surface area contributed by atoms with E-state index in [2.05, 4.69) is 47.3 Å². The van der Waals surface area contributed by atoms with Gasteiger partial charge >= 0.3 is 0 Å². The molecule has 3 rings (SSSR count). The third-order valence-corrected chi connectivity index (χ3v) is 7.04. The highest BCUT2D eigenvalue weighted by Crippen LogP contribution is 2.37. The normalized spacial score (nSPS) is 17.9. The van der Waals surface area contributed by atoms with Gasteiger partial charge in [-0.25, -0.2) is 14.7 Å². The lowest BCUT2D eigenvalue weighted by Crippen LogP contribution is -2.41. The van der Waals surface area contributed by atoms with Gasteiger partial charge in [-0.3, -0.25) is 4.79 Å². The Hall–Kier alpha value is -2.68. The van der Waals surface area contributed by atoms with Crippen LogP contribution in [0.15, 0.2) is 41.6 Å². The van der Waals surface area contributed by atoms with Crippen molar-refractivity contribution >= 4 is 27.6 Å². The summed E-state index contributed by atoms with van der Waals surface area (Å²) >= 11 is 0. The molecule has 0 spiro atoms. The van der Waals surface area contributed by atoms with Crippen LogP contribution in [0.4, 0.5) is 11.6 Å². The molecule has 1 fully saturated rings. The Bertz CT molecular complexity index is 1070. The fourth-order valence-corrected chi connectivity index (χ4v) is 5.18. The summed E-state index contributed by atoms with van der Waals surface area (Å²) in [6.07, 6.45) is 4.58. The second-order valence-corrected chi connectivity index (χ2v) is 10.8. The monoisotopic (exact) mass is 459 g/mol. The highest BCUT2D eigenvalue weighted by atomic mass is 32.2. The molecule has 0 aromatic carbocycles. The average Bonchev–Trinajstić information content (AvgIpc) is 3.03. The summed E-state index contributed by atoms with van der Waals surface area (Å²) in [7, 11) is -2.28. The summed E-state index contributed by atoms with van der Waals surface area (Å²) in [5, 5.41) is -0.188. The lowest BCUT2D eigenvalue weighted by atomic mass is 9.97. The van der Waals surface area contributed by atoms with E-state index < -0.39 is 15.9 Å². The van der Waals surface area contributed by atoms with Gasteiger partial charge in [-0.2, -0.15) is 8.42 Å². The van der Waals surface area contributed by atoms with Crippen LogP contribution in [0.2, 0.25) is 0 Å². The SMILES string of the molecule is CCCCN(C)c1cccc(S(=O)(=O)NC(=O)c2cccnc2N2CC(C)CC2(C)C)n1. The van der Waals surface area contributed by atoms with Crippen LogP contribution in [-0.2, 0) is 10.0 Å². The second kappa shape index (κ2) is 9.44. The van der Waals surface area contributed by atoms with E-state index >= 15 is 0 Å². The average molecular weight is 460 g/mol. The summed E-state index contributed by atoms with van der Waals surface area (Å²) in [5.41, 5.74) is 0.0511. The van der Waals surface area contributed by atoms with Crippen molar-refractivity contribution in [1.82, 2.24) is 14.7 Å². The minimum absolute atomic E-state index is 0.180. The number of aromatic nitrogens is 2. The fourth-order valence-electron chi connectivity index (χ4n) is 4.25.